The molecule has 1 amide bonds. The number of aryl methyl sites for hydroxylation is 1. The monoisotopic (exact) mass is 427 g/mol. The van der Waals surface area contributed by atoms with Gasteiger partial charge in [0.25, 0.3) is 5.91 Å². The highest BCUT2D eigenvalue weighted by Crippen LogP contribution is 2.31. The molecule has 0 atom stereocenters. The minimum absolute atomic E-state index is 0.0792. The summed E-state index contributed by atoms with van der Waals surface area (Å²) in [4.78, 5) is 24.1. The first-order valence-corrected chi connectivity index (χ1v) is 10.8. The van der Waals surface area contributed by atoms with Gasteiger partial charge in [0.05, 0.1) is 19.0 Å². The lowest BCUT2D eigenvalue weighted by molar-refractivity contribution is 0.0707. The molecule has 4 aromatic rings. The Kier molecular flexibility index (Phi) is 5.31. The first-order chi connectivity index (χ1) is 15.6. The number of amides is 1. The van der Waals surface area contributed by atoms with E-state index in [-0.39, 0.29) is 5.91 Å². The van der Waals surface area contributed by atoms with Crippen molar-refractivity contribution in [1.82, 2.24) is 25.1 Å². The number of nitrogens with zero attached hydrogens (tertiary/aromatic N) is 4. The zero-order valence-electron chi connectivity index (χ0n) is 18.2. The number of ether oxygens (including phenoxy) is 1. The van der Waals surface area contributed by atoms with Crippen molar-refractivity contribution in [2.24, 2.45) is 0 Å². The molecule has 7 nitrogen and oxygen atoms in total. The number of rotatable bonds is 4. The van der Waals surface area contributed by atoms with Gasteiger partial charge >= 0.3 is 0 Å². The number of hydrogen-bond acceptors (Lipinski definition) is 5. The Balaban J connectivity index is 1.38. The second kappa shape index (κ2) is 8.42. The van der Waals surface area contributed by atoms with Crippen LogP contribution >= 0.6 is 0 Å². The highest BCUT2D eigenvalue weighted by Gasteiger charge is 2.26. The van der Waals surface area contributed by atoms with Crippen LogP contribution in [0.4, 0.5) is 0 Å². The number of hydrogen-bond donors (Lipinski definition) is 1. The van der Waals surface area contributed by atoms with Gasteiger partial charge in [0.2, 0.25) is 0 Å². The van der Waals surface area contributed by atoms with Gasteiger partial charge in [0.1, 0.15) is 17.0 Å². The maximum atomic E-state index is 13.2. The van der Waals surface area contributed by atoms with Gasteiger partial charge in [-0.2, -0.15) is 5.10 Å². The molecule has 5 rings (SSSR count). The number of fused-ring (bicyclic) bond motifs is 1. The summed E-state index contributed by atoms with van der Waals surface area (Å²) in [6.45, 7) is 3.44. The van der Waals surface area contributed by atoms with Crippen molar-refractivity contribution in [1.29, 1.82) is 0 Å². The molecule has 0 unspecified atom stereocenters. The summed E-state index contributed by atoms with van der Waals surface area (Å²) < 4.78 is 5.30. The molecule has 0 bridgehead atoms. The van der Waals surface area contributed by atoms with Gasteiger partial charge in [-0.3, -0.25) is 9.89 Å². The van der Waals surface area contributed by atoms with Crippen LogP contribution in [-0.2, 0) is 0 Å². The summed E-state index contributed by atoms with van der Waals surface area (Å²) in [6, 6.07) is 16.3. The standard InChI is InChI=1S/C25H25N5O2/c1-16-14-19(32-2)8-9-20(16)22-23-24(29-28-22)26-15-21(27-23)25(31)30-12-10-18(11-13-30)17-6-4-3-5-7-17/h3-9,14-15,18H,10-13H2,1-2H3,(H,26,28,29). The number of H-pyrrole nitrogens is 1. The molecular weight excluding hydrogens is 402 g/mol. The number of methoxy groups -OCH3 is 1. The fourth-order valence-electron chi connectivity index (χ4n) is 4.43. The van der Waals surface area contributed by atoms with E-state index >= 15 is 0 Å². The number of carbonyl (C=O) groups is 1. The Hall–Kier alpha value is -3.74. The van der Waals surface area contributed by atoms with Crippen molar-refractivity contribution in [3.8, 4) is 17.0 Å². The highest BCUT2D eigenvalue weighted by molar-refractivity contribution is 5.96. The lowest BCUT2D eigenvalue weighted by Gasteiger charge is -2.32. The molecule has 1 N–H and O–H groups in total. The third-order valence-electron chi connectivity index (χ3n) is 6.24. The molecule has 2 aromatic carbocycles. The van der Waals surface area contributed by atoms with Crippen LogP contribution in [0.2, 0.25) is 0 Å². The Bertz CT molecular complexity index is 1260. The van der Waals surface area contributed by atoms with Crippen LogP contribution in [0.3, 0.4) is 0 Å². The molecule has 1 fully saturated rings. The maximum absolute atomic E-state index is 13.2. The molecule has 1 saturated heterocycles. The number of aromatic amines is 1. The number of piperidine rings is 1. The number of benzene rings is 2. The van der Waals surface area contributed by atoms with Crippen LogP contribution in [0.25, 0.3) is 22.4 Å². The van der Waals surface area contributed by atoms with Crippen molar-refractivity contribution in [2.45, 2.75) is 25.7 Å². The number of nitrogens with one attached hydrogen (secondary N) is 1. The lowest BCUT2D eigenvalue weighted by atomic mass is 9.89. The summed E-state index contributed by atoms with van der Waals surface area (Å²) in [5.74, 6) is 1.20. The number of likely N-dealkylation sites (tertiary alicyclic amines) is 1. The predicted octanol–water partition coefficient (Wildman–Crippen LogP) is 4.36. The van der Waals surface area contributed by atoms with E-state index in [0.29, 0.717) is 35.9 Å². The average molecular weight is 428 g/mol. The molecule has 0 saturated carbocycles. The zero-order chi connectivity index (χ0) is 22.1. The molecule has 3 heterocycles. The number of carbonyl (C=O) groups excluding carboxylic acids is 1. The summed E-state index contributed by atoms with van der Waals surface area (Å²) in [7, 11) is 1.64. The maximum Gasteiger partial charge on any atom is 0.274 e. The minimum atomic E-state index is -0.0792. The van der Waals surface area contributed by atoms with E-state index in [2.05, 4.69) is 44.4 Å². The lowest BCUT2D eigenvalue weighted by Crippen LogP contribution is -2.38. The fraction of sp³-hybridized carbons (Fsp3) is 0.280. The molecule has 0 radical (unpaired) electrons. The van der Waals surface area contributed by atoms with E-state index in [4.69, 9.17) is 4.74 Å². The molecule has 2 aromatic heterocycles. The van der Waals surface area contributed by atoms with E-state index in [1.54, 1.807) is 7.11 Å². The molecule has 162 valence electrons. The normalized spacial score (nSPS) is 14.6. The predicted molar refractivity (Wildman–Crippen MR) is 123 cm³/mol. The van der Waals surface area contributed by atoms with Crippen molar-refractivity contribution in [2.75, 3.05) is 20.2 Å². The largest absolute Gasteiger partial charge is 0.497 e. The van der Waals surface area contributed by atoms with Crippen LogP contribution in [0.1, 0.15) is 40.4 Å². The van der Waals surface area contributed by atoms with Gasteiger partial charge in [-0.1, -0.05) is 30.3 Å². The van der Waals surface area contributed by atoms with Crippen molar-refractivity contribution in [3.05, 3.63) is 71.5 Å². The molecule has 1 aliphatic heterocycles. The fourth-order valence-corrected chi connectivity index (χ4v) is 4.43. The van der Waals surface area contributed by atoms with E-state index in [9.17, 15) is 4.79 Å². The van der Waals surface area contributed by atoms with Crippen LogP contribution < -0.4 is 4.74 Å². The summed E-state index contributed by atoms with van der Waals surface area (Å²) in [5, 5.41) is 7.32. The van der Waals surface area contributed by atoms with Gasteiger partial charge in [0, 0.05) is 18.7 Å². The SMILES string of the molecule is COc1ccc(-c2[nH]nc3ncc(C(=O)N4CCC(c5ccccc5)CC4)nc23)c(C)c1. The van der Waals surface area contributed by atoms with E-state index < -0.39 is 0 Å². The van der Waals surface area contributed by atoms with Crippen molar-refractivity contribution >= 4 is 17.1 Å². The van der Waals surface area contributed by atoms with Gasteiger partial charge < -0.3 is 9.64 Å². The molecule has 32 heavy (non-hydrogen) atoms. The van der Waals surface area contributed by atoms with Gasteiger partial charge in [-0.05, 0) is 55.0 Å². The highest BCUT2D eigenvalue weighted by atomic mass is 16.5. The zero-order valence-corrected chi connectivity index (χ0v) is 18.2. The first-order valence-electron chi connectivity index (χ1n) is 10.8. The molecular formula is C25H25N5O2. The Morgan fingerprint density at radius 1 is 1.12 bits per heavy atom. The van der Waals surface area contributed by atoms with E-state index in [1.165, 1.54) is 11.8 Å². The van der Waals surface area contributed by atoms with Gasteiger partial charge in [0.15, 0.2) is 5.65 Å². The first kappa shape index (κ1) is 20.2. The topological polar surface area (TPSA) is 84.0 Å². The Labute approximate surface area is 186 Å². The summed E-state index contributed by atoms with van der Waals surface area (Å²) in [5.41, 5.74) is 5.53. The van der Waals surface area contributed by atoms with E-state index in [1.807, 2.05) is 36.1 Å². The molecule has 1 aliphatic rings. The van der Waals surface area contributed by atoms with Crippen LogP contribution in [0, 0.1) is 6.92 Å². The Morgan fingerprint density at radius 3 is 2.62 bits per heavy atom. The van der Waals surface area contributed by atoms with E-state index in [0.717, 1.165) is 35.4 Å². The summed E-state index contributed by atoms with van der Waals surface area (Å²) >= 11 is 0. The molecule has 7 heteroatoms. The third-order valence-corrected chi connectivity index (χ3v) is 6.24. The third kappa shape index (κ3) is 3.70. The Morgan fingerprint density at radius 2 is 1.91 bits per heavy atom. The second-order valence-corrected chi connectivity index (χ2v) is 8.18. The van der Waals surface area contributed by atoms with Gasteiger partial charge in [-0.15, -0.1) is 0 Å². The summed E-state index contributed by atoms with van der Waals surface area (Å²) in [6.07, 6.45) is 3.43. The number of aromatic nitrogens is 4. The van der Waals surface area contributed by atoms with Crippen LogP contribution in [-0.4, -0.2) is 51.2 Å². The van der Waals surface area contributed by atoms with Crippen LogP contribution in [0.5, 0.6) is 5.75 Å². The van der Waals surface area contributed by atoms with Crippen LogP contribution in [0.15, 0.2) is 54.7 Å². The second-order valence-electron chi connectivity index (χ2n) is 8.18. The van der Waals surface area contributed by atoms with Gasteiger partial charge in [-0.25, -0.2) is 9.97 Å². The van der Waals surface area contributed by atoms with Crippen molar-refractivity contribution in [3.63, 3.8) is 0 Å². The van der Waals surface area contributed by atoms with Crippen molar-refractivity contribution < 1.29 is 9.53 Å². The minimum Gasteiger partial charge on any atom is -0.497 e. The molecule has 0 spiro atoms. The molecule has 0 aliphatic carbocycles. The average Bonchev–Trinajstić information content (AvgIpc) is 3.27. The smallest absolute Gasteiger partial charge is 0.274 e. The quantitative estimate of drug-likeness (QED) is 0.523.